The van der Waals surface area contributed by atoms with E-state index >= 15 is 0 Å². The number of nitrogens with zero attached hydrogens (tertiary/aromatic N) is 1. The van der Waals surface area contributed by atoms with Crippen LogP contribution in [0.4, 0.5) is 5.69 Å². The molecule has 27 heavy (non-hydrogen) atoms. The predicted octanol–water partition coefficient (Wildman–Crippen LogP) is 3.00. The second-order valence-corrected chi connectivity index (χ2v) is 6.50. The van der Waals surface area contributed by atoms with Crippen LogP contribution in [0.25, 0.3) is 0 Å². The number of nitrogens with one attached hydrogen (secondary N) is 2. The number of hydrogen-bond donors (Lipinski definition) is 2. The Morgan fingerprint density at radius 2 is 1.96 bits per heavy atom. The van der Waals surface area contributed by atoms with Crippen LogP contribution >= 0.6 is 0 Å². The molecule has 2 aromatic rings. The van der Waals surface area contributed by atoms with Crippen molar-refractivity contribution in [3.8, 4) is 6.07 Å². The second kappa shape index (κ2) is 8.41. The molecular weight excluding hydrogens is 346 g/mol. The Morgan fingerprint density at radius 1 is 1.19 bits per heavy atom. The van der Waals surface area contributed by atoms with Gasteiger partial charge in [0.05, 0.1) is 24.4 Å². The Labute approximate surface area is 157 Å². The fourth-order valence-electron chi connectivity index (χ4n) is 3.17. The lowest BCUT2D eigenvalue weighted by Crippen LogP contribution is -2.46. The lowest BCUT2D eigenvalue weighted by Gasteiger charge is -2.21. The van der Waals surface area contributed by atoms with Crippen molar-refractivity contribution in [1.29, 1.82) is 5.26 Å². The topological polar surface area (TPSA) is 104 Å². The largest absolute Gasteiger partial charge is 0.467 e. The van der Waals surface area contributed by atoms with Crippen LogP contribution in [-0.2, 0) is 16.1 Å². The minimum atomic E-state index is -0.827. The van der Waals surface area contributed by atoms with Gasteiger partial charge in [-0.1, -0.05) is 12.1 Å². The van der Waals surface area contributed by atoms with Crippen LogP contribution in [0.5, 0.6) is 0 Å². The van der Waals surface area contributed by atoms with Crippen molar-refractivity contribution in [3.05, 3.63) is 54.0 Å². The molecular formula is C20H21N3O4. The zero-order valence-electron chi connectivity index (χ0n) is 14.9. The molecule has 1 heterocycles. The van der Waals surface area contributed by atoms with Gasteiger partial charge in [0.25, 0.3) is 5.91 Å². The summed E-state index contributed by atoms with van der Waals surface area (Å²) in [6.07, 6.45) is 4.64. The third-order valence-corrected chi connectivity index (χ3v) is 4.56. The molecule has 140 valence electrons. The van der Waals surface area contributed by atoms with Crippen molar-refractivity contribution in [2.24, 2.45) is 0 Å². The molecule has 0 saturated heterocycles. The van der Waals surface area contributed by atoms with Gasteiger partial charge in [-0.3, -0.25) is 4.79 Å². The number of ether oxygens (including phenoxy) is 1. The van der Waals surface area contributed by atoms with E-state index in [4.69, 9.17) is 9.15 Å². The van der Waals surface area contributed by atoms with Crippen LogP contribution in [0.2, 0.25) is 0 Å². The lowest BCUT2D eigenvalue weighted by atomic mass is 10.00. The van der Waals surface area contributed by atoms with Gasteiger partial charge in [-0.25, -0.2) is 4.79 Å². The van der Waals surface area contributed by atoms with Gasteiger partial charge < -0.3 is 19.8 Å². The summed E-state index contributed by atoms with van der Waals surface area (Å²) in [5.74, 6) is -0.339. The lowest BCUT2D eigenvalue weighted by molar-refractivity contribution is -0.125. The summed E-state index contributed by atoms with van der Waals surface area (Å²) >= 11 is 0. The number of hydrogen-bond acceptors (Lipinski definition) is 6. The van der Waals surface area contributed by atoms with Gasteiger partial charge in [-0.2, -0.15) is 5.26 Å². The van der Waals surface area contributed by atoms with Crippen molar-refractivity contribution in [3.63, 3.8) is 0 Å². The van der Waals surface area contributed by atoms with Crippen LogP contribution in [0.15, 0.2) is 47.1 Å². The van der Waals surface area contributed by atoms with Crippen molar-refractivity contribution < 1.29 is 18.7 Å². The smallest absolute Gasteiger partial charge is 0.340 e. The number of nitriles is 1. The van der Waals surface area contributed by atoms with E-state index in [1.807, 2.05) is 6.07 Å². The minimum absolute atomic E-state index is 0.327. The van der Waals surface area contributed by atoms with Crippen LogP contribution in [-0.4, -0.2) is 24.0 Å². The number of anilines is 1. The zero-order valence-corrected chi connectivity index (χ0v) is 14.9. The van der Waals surface area contributed by atoms with E-state index in [2.05, 4.69) is 16.7 Å². The highest BCUT2D eigenvalue weighted by atomic mass is 16.5. The summed E-state index contributed by atoms with van der Waals surface area (Å²) in [6, 6.07) is 12.7. The van der Waals surface area contributed by atoms with Gasteiger partial charge in [0, 0.05) is 5.69 Å². The van der Waals surface area contributed by atoms with Crippen LogP contribution in [0, 0.1) is 11.3 Å². The Kier molecular flexibility index (Phi) is 5.77. The zero-order chi connectivity index (χ0) is 19.1. The monoisotopic (exact) mass is 367 g/mol. The predicted molar refractivity (Wildman–Crippen MR) is 97.7 cm³/mol. The Hall–Kier alpha value is -3.27. The van der Waals surface area contributed by atoms with E-state index in [1.54, 1.807) is 36.6 Å². The van der Waals surface area contributed by atoms with Gasteiger partial charge in [0.2, 0.25) is 0 Å². The molecule has 3 rings (SSSR count). The minimum Gasteiger partial charge on any atom is -0.467 e. The molecule has 2 N–H and O–H groups in total. The highest BCUT2D eigenvalue weighted by molar-refractivity contribution is 5.96. The average molecular weight is 367 g/mol. The average Bonchev–Trinajstić information content (AvgIpc) is 3.37. The van der Waals surface area contributed by atoms with E-state index in [-0.39, 0.29) is 0 Å². The highest BCUT2D eigenvalue weighted by Gasteiger charge is 2.35. The summed E-state index contributed by atoms with van der Waals surface area (Å²) in [6.45, 7) is -0.00273. The number of esters is 1. The van der Waals surface area contributed by atoms with Crippen molar-refractivity contribution in [1.82, 2.24) is 5.32 Å². The Bertz CT molecular complexity index is 833. The standard InChI is InChI=1S/C20H21N3O4/c21-14-20(9-3-4-10-20)23-18(24)13-27-19(25)16-7-1-2-8-17(16)22-12-15-6-5-11-26-15/h1-2,5-8,11,22H,3-4,9-10,12-13H2,(H,23,24). The van der Waals surface area contributed by atoms with Gasteiger partial charge in [0.1, 0.15) is 11.3 Å². The molecule has 7 heteroatoms. The molecule has 0 unspecified atom stereocenters. The first-order valence-corrected chi connectivity index (χ1v) is 8.86. The summed E-state index contributed by atoms with van der Waals surface area (Å²) in [5.41, 5.74) is 0.0859. The van der Waals surface area contributed by atoms with Crippen LogP contribution in [0.1, 0.15) is 41.8 Å². The number of rotatable bonds is 7. The molecule has 1 aromatic carbocycles. The first kappa shape index (κ1) is 18.5. The van der Waals surface area contributed by atoms with E-state index < -0.39 is 24.0 Å². The van der Waals surface area contributed by atoms with Gasteiger partial charge in [0.15, 0.2) is 6.61 Å². The van der Waals surface area contributed by atoms with E-state index in [0.29, 0.717) is 30.6 Å². The number of carbonyl (C=O) groups is 2. The number of benzene rings is 1. The maximum absolute atomic E-state index is 12.4. The summed E-state index contributed by atoms with van der Waals surface area (Å²) < 4.78 is 10.4. The molecule has 1 amide bonds. The van der Waals surface area contributed by atoms with Gasteiger partial charge in [-0.15, -0.1) is 0 Å². The number of furan rings is 1. The Balaban J connectivity index is 1.56. The summed E-state index contributed by atoms with van der Waals surface area (Å²) in [5, 5.41) is 15.1. The SMILES string of the molecule is N#CC1(NC(=O)COC(=O)c2ccccc2NCc2ccco2)CCCC1. The van der Waals surface area contributed by atoms with Crippen molar-refractivity contribution in [2.45, 2.75) is 37.8 Å². The number of carbonyl (C=O) groups excluding carboxylic acids is 2. The molecule has 1 fully saturated rings. The third kappa shape index (κ3) is 4.67. The fourth-order valence-corrected chi connectivity index (χ4v) is 3.17. The molecule has 0 atom stereocenters. The second-order valence-electron chi connectivity index (χ2n) is 6.50. The molecule has 0 radical (unpaired) electrons. The quantitative estimate of drug-likeness (QED) is 0.729. The normalized spacial score (nSPS) is 14.9. The molecule has 7 nitrogen and oxygen atoms in total. The summed E-state index contributed by atoms with van der Waals surface area (Å²) in [4.78, 5) is 24.5. The molecule has 1 saturated carbocycles. The first-order chi connectivity index (χ1) is 13.1. The molecule has 0 spiro atoms. The van der Waals surface area contributed by atoms with Gasteiger partial charge in [-0.05, 0) is 49.9 Å². The van der Waals surface area contributed by atoms with Crippen molar-refractivity contribution >= 4 is 17.6 Å². The Morgan fingerprint density at radius 3 is 2.67 bits per heavy atom. The first-order valence-electron chi connectivity index (χ1n) is 8.86. The third-order valence-electron chi connectivity index (χ3n) is 4.56. The highest BCUT2D eigenvalue weighted by Crippen LogP contribution is 2.28. The maximum atomic E-state index is 12.4. The summed E-state index contributed by atoms with van der Waals surface area (Å²) in [7, 11) is 0. The van der Waals surface area contributed by atoms with Crippen LogP contribution in [0.3, 0.4) is 0 Å². The molecule has 1 aliphatic rings. The maximum Gasteiger partial charge on any atom is 0.340 e. The molecule has 1 aliphatic carbocycles. The molecule has 0 bridgehead atoms. The van der Waals surface area contributed by atoms with E-state index in [9.17, 15) is 14.9 Å². The fraction of sp³-hybridized carbons (Fsp3) is 0.350. The van der Waals surface area contributed by atoms with E-state index in [1.165, 1.54) is 0 Å². The molecule has 1 aromatic heterocycles. The number of para-hydroxylation sites is 1. The molecule has 0 aliphatic heterocycles. The van der Waals surface area contributed by atoms with E-state index in [0.717, 1.165) is 18.6 Å². The van der Waals surface area contributed by atoms with Crippen LogP contribution < -0.4 is 10.6 Å². The van der Waals surface area contributed by atoms with Crippen molar-refractivity contribution in [2.75, 3.05) is 11.9 Å². The van der Waals surface area contributed by atoms with Gasteiger partial charge >= 0.3 is 5.97 Å². The number of amides is 1.